The molecule has 0 aliphatic carbocycles. The number of amides is 1. The van der Waals surface area contributed by atoms with E-state index >= 15 is 0 Å². The van der Waals surface area contributed by atoms with E-state index in [-0.39, 0.29) is 12.4 Å². The van der Waals surface area contributed by atoms with Gasteiger partial charge in [-0.3, -0.25) is 9.59 Å². The average Bonchev–Trinajstić information content (AvgIpc) is 2.88. The van der Waals surface area contributed by atoms with Gasteiger partial charge in [-0.25, -0.2) is 4.39 Å². The molecule has 0 fully saturated rings. The minimum atomic E-state index is -0.554. The van der Waals surface area contributed by atoms with Gasteiger partial charge in [0.1, 0.15) is 5.82 Å². The van der Waals surface area contributed by atoms with Crippen molar-refractivity contribution in [2.24, 2.45) is 0 Å². The van der Waals surface area contributed by atoms with Crippen LogP contribution in [0.1, 0.15) is 27.9 Å². The zero-order chi connectivity index (χ0) is 17.4. The molecular weight excluding hydrogens is 319 g/mol. The fourth-order valence-electron chi connectivity index (χ4n) is 3.45. The molecule has 0 saturated carbocycles. The third kappa shape index (κ3) is 2.76. The van der Waals surface area contributed by atoms with E-state index in [1.807, 2.05) is 12.1 Å². The summed E-state index contributed by atoms with van der Waals surface area (Å²) < 4.78 is 13.4. The predicted octanol–water partition coefficient (Wildman–Crippen LogP) is 2.93. The quantitative estimate of drug-likeness (QED) is 0.877. The standard InChI is InChI=1S/C20H17FN2O2/c21-15-4-1-3-13(11-15)12-23-17-6-2-5-16(14-7-9-22-10-8-14)18(17)19(24)20(23)25/h1-7,11,22H,8-10,12H2. The highest BCUT2D eigenvalue weighted by atomic mass is 19.1. The third-order valence-corrected chi connectivity index (χ3v) is 4.64. The Morgan fingerprint density at radius 1 is 1.12 bits per heavy atom. The monoisotopic (exact) mass is 336 g/mol. The van der Waals surface area contributed by atoms with Crippen molar-refractivity contribution in [2.75, 3.05) is 18.0 Å². The molecule has 0 unspecified atom stereocenters. The van der Waals surface area contributed by atoms with E-state index in [0.29, 0.717) is 16.8 Å². The van der Waals surface area contributed by atoms with Gasteiger partial charge in [0, 0.05) is 6.54 Å². The van der Waals surface area contributed by atoms with Crippen molar-refractivity contribution in [2.45, 2.75) is 13.0 Å². The Hall–Kier alpha value is -2.79. The molecule has 2 heterocycles. The lowest BCUT2D eigenvalue weighted by Gasteiger charge is -2.19. The zero-order valence-electron chi connectivity index (χ0n) is 13.6. The van der Waals surface area contributed by atoms with Gasteiger partial charge >= 0.3 is 0 Å². The number of carbonyl (C=O) groups is 2. The van der Waals surface area contributed by atoms with Gasteiger partial charge in [-0.1, -0.05) is 30.3 Å². The number of fused-ring (bicyclic) bond motifs is 1. The lowest BCUT2D eigenvalue weighted by atomic mass is 9.93. The minimum absolute atomic E-state index is 0.180. The molecule has 5 heteroatoms. The van der Waals surface area contributed by atoms with E-state index in [1.54, 1.807) is 18.2 Å². The maximum absolute atomic E-state index is 13.4. The van der Waals surface area contributed by atoms with Gasteiger partial charge in [0.25, 0.3) is 11.7 Å². The molecule has 25 heavy (non-hydrogen) atoms. The Kier molecular flexibility index (Phi) is 3.93. The van der Waals surface area contributed by atoms with Crippen molar-refractivity contribution in [1.82, 2.24) is 5.32 Å². The van der Waals surface area contributed by atoms with Gasteiger partial charge in [-0.2, -0.15) is 0 Å². The number of rotatable bonds is 3. The average molecular weight is 336 g/mol. The van der Waals surface area contributed by atoms with Gasteiger partial charge < -0.3 is 10.2 Å². The molecule has 0 saturated heterocycles. The van der Waals surface area contributed by atoms with Gasteiger partial charge in [-0.05, 0) is 47.9 Å². The largest absolute Gasteiger partial charge is 0.313 e. The Morgan fingerprint density at radius 2 is 1.96 bits per heavy atom. The summed E-state index contributed by atoms with van der Waals surface area (Å²) in [6.45, 7) is 1.79. The molecule has 4 rings (SSSR count). The van der Waals surface area contributed by atoms with Crippen LogP contribution in [0, 0.1) is 5.82 Å². The number of Topliss-reactive ketones (excluding diaryl/α,β-unsaturated/α-hetero) is 1. The fraction of sp³-hybridized carbons (Fsp3) is 0.200. The molecule has 2 aromatic carbocycles. The highest BCUT2D eigenvalue weighted by Crippen LogP contribution is 2.36. The first-order valence-corrected chi connectivity index (χ1v) is 8.29. The van der Waals surface area contributed by atoms with Crippen molar-refractivity contribution in [3.63, 3.8) is 0 Å². The van der Waals surface area contributed by atoms with Crippen molar-refractivity contribution in [3.05, 3.63) is 71.0 Å². The number of anilines is 1. The highest BCUT2D eigenvalue weighted by molar-refractivity contribution is 6.52. The van der Waals surface area contributed by atoms with E-state index < -0.39 is 11.7 Å². The summed E-state index contributed by atoms with van der Waals surface area (Å²) in [4.78, 5) is 26.6. The molecule has 126 valence electrons. The number of halogens is 1. The maximum Gasteiger partial charge on any atom is 0.299 e. The van der Waals surface area contributed by atoms with E-state index in [4.69, 9.17) is 0 Å². The predicted molar refractivity (Wildman–Crippen MR) is 93.8 cm³/mol. The number of nitrogens with one attached hydrogen (secondary N) is 1. The van der Waals surface area contributed by atoms with Crippen LogP contribution in [0.15, 0.2) is 48.5 Å². The second kappa shape index (κ2) is 6.26. The molecule has 2 aliphatic heterocycles. The first-order chi connectivity index (χ1) is 12.1. The van der Waals surface area contributed by atoms with Crippen LogP contribution in [0.25, 0.3) is 5.57 Å². The van der Waals surface area contributed by atoms with Crippen LogP contribution in [0.5, 0.6) is 0 Å². The molecular formula is C20H17FN2O2. The summed E-state index contributed by atoms with van der Waals surface area (Å²) in [5.74, 6) is -1.40. The molecule has 1 N–H and O–H groups in total. The van der Waals surface area contributed by atoms with Crippen molar-refractivity contribution in [1.29, 1.82) is 0 Å². The van der Waals surface area contributed by atoms with Gasteiger partial charge in [0.2, 0.25) is 0 Å². The molecule has 2 aliphatic rings. The lowest BCUT2D eigenvalue weighted by molar-refractivity contribution is -0.114. The minimum Gasteiger partial charge on any atom is -0.313 e. The van der Waals surface area contributed by atoms with Crippen LogP contribution >= 0.6 is 0 Å². The first kappa shape index (κ1) is 15.7. The summed E-state index contributed by atoms with van der Waals surface area (Å²) in [5, 5.41) is 3.24. The Labute approximate surface area is 145 Å². The van der Waals surface area contributed by atoms with Crippen LogP contribution in [-0.4, -0.2) is 24.8 Å². The molecule has 2 aromatic rings. The number of hydrogen-bond donors (Lipinski definition) is 1. The van der Waals surface area contributed by atoms with Gasteiger partial charge in [-0.15, -0.1) is 0 Å². The number of ketones is 1. The number of nitrogens with zero attached hydrogens (tertiary/aromatic N) is 1. The van der Waals surface area contributed by atoms with Crippen LogP contribution in [0.2, 0.25) is 0 Å². The second-order valence-corrected chi connectivity index (χ2v) is 6.23. The Balaban J connectivity index is 1.75. The number of benzene rings is 2. The summed E-state index contributed by atoms with van der Waals surface area (Å²) in [6.07, 6.45) is 2.88. The zero-order valence-corrected chi connectivity index (χ0v) is 13.6. The van der Waals surface area contributed by atoms with Crippen LogP contribution in [-0.2, 0) is 11.3 Å². The Morgan fingerprint density at radius 3 is 2.72 bits per heavy atom. The summed E-state index contributed by atoms with van der Waals surface area (Å²) >= 11 is 0. The summed E-state index contributed by atoms with van der Waals surface area (Å²) in [5.41, 5.74) is 3.65. The molecule has 0 aromatic heterocycles. The number of carbonyl (C=O) groups excluding carboxylic acids is 2. The normalized spacial score (nSPS) is 16.8. The van der Waals surface area contributed by atoms with Crippen LogP contribution in [0.3, 0.4) is 0 Å². The van der Waals surface area contributed by atoms with E-state index in [0.717, 1.165) is 30.6 Å². The fourth-order valence-corrected chi connectivity index (χ4v) is 3.45. The topological polar surface area (TPSA) is 49.4 Å². The smallest absolute Gasteiger partial charge is 0.299 e. The van der Waals surface area contributed by atoms with E-state index in [1.165, 1.54) is 17.0 Å². The van der Waals surface area contributed by atoms with Gasteiger partial charge in [0.05, 0.1) is 17.8 Å². The molecule has 4 nitrogen and oxygen atoms in total. The van der Waals surface area contributed by atoms with Crippen LogP contribution < -0.4 is 10.2 Å². The van der Waals surface area contributed by atoms with E-state index in [2.05, 4.69) is 11.4 Å². The van der Waals surface area contributed by atoms with Gasteiger partial charge in [0.15, 0.2) is 0 Å². The number of hydrogen-bond acceptors (Lipinski definition) is 3. The Bertz CT molecular complexity index is 904. The van der Waals surface area contributed by atoms with Crippen molar-refractivity contribution < 1.29 is 14.0 Å². The third-order valence-electron chi connectivity index (χ3n) is 4.64. The molecule has 0 bridgehead atoms. The van der Waals surface area contributed by atoms with Crippen LogP contribution in [0.4, 0.5) is 10.1 Å². The maximum atomic E-state index is 13.4. The first-order valence-electron chi connectivity index (χ1n) is 8.29. The molecule has 0 spiro atoms. The molecule has 0 radical (unpaired) electrons. The summed E-state index contributed by atoms with van der Waals surface area (Å²) in [6, 6.07) is 11.6. The van der Waals surface area contributed by atoms with Crippen molar-refractivity contribution >= 4 is 23.0 Å². The highest BCUT2D eigenvalue weighted by Gasteiger charge is 2.38. The van der Waals surface area contributed by atoms with Crippen molar-refractivity contribution in [3.8, 4) is 0 Å². The second-order valence-electron chi connectivity index (χ2n) is 6.23. The molecule has 1 amide bonds. The lowest BCUT2D eigenvalue weighted by Crippen LogP contribution is -2.29. The molecule has 0 atom stereocenters. The SMILES string of the molecule is O=C1C(=O)N(Cc2cccc(F)c2)c2cccc(C3=CCNCC3)c21. The van der Waals surface area contributed by atoms with E-state index in [9.17, 15) is 14.0 Å². The summed E-state index contributed by atoms with van der Waals surface area (Å²) in [7, 11) is 0.